The zero-order valence-corrected chi connectivity index (χ0v) is 10.6. The van der Waals surface area contributed by atoms with E-state index in [1.165, 1.54) is 5.69 Å². The quantitative estimate of drug-likeness (QED) is 0.806. The van der Waals surface area contributed by atoms with Gasteiger partial charge in [0.25, 0.3) is 0 Å². The lowest BCUT2D eigenvalue weighted by atomic mass is 10.0. The summed E-state index contributed by atoms with van der Waals surface area (Å²) < 4.78 is 0. The summed E-state index contributed by atoms with van der Waals surface area (Å²) in [7, 11) is 0. The fourth-order valence-corrected chi connectivity index (χ4v) is 2.83. The molecule has 0 saturated carbocycles. The Labute approximate surface area is 108 Å². The molecule has 1 aromatic rings. The van der Waals surface area contributed by atoms with Gasteiger partial charge in [0.15, 0.2) is 0 Å². The number of nitrogens with two attached hydrogens (primary N) is 1. The summed E-state index contributed by atoms with van der Waals surface area (Å²) in [6, 6.07) is 2.43. The average molecular weight is 244 g/mol. The first-order chi connectivity index (χ1) is 8.83. The summed E-state index contributed by atoms with van der Waals surface area (Å²) in [4.78, 5) is 11.1. The highest BCUT2D eigenvalue weighted by Crippen LogP contribution is 2.29. The average Bonchev–Trinajstić information content (AvgIpc) is 2.93. The molecular weight excluding hydrogens is 224 g/mol. The molecule has 2 aliphatic rings. The van der Waals surface area contributed by atoms with Crippen LogP contribution in [0.1, 0.15) is 37.3 Å². The summed E-state index contributed by atoms with van der Waals surface area (Å²) in [5.74, 6) is 1.59. The Kier molecular flexibility index (Phi) is 3.28. The van der Waals surface area contributed by atoms with Gasteiger partial charge in [0.2, 0.25) is 0 Å². The van der Waals surface area contributed by atoms with Crippen LogP contribution in [-0.2, 0) is 0 Å². The van der Waals surface area contributed by atoms with E-state index in [1.54, 1.807) is 6.33 Å². The predicted molar refractivity (Wildman–Crippen MR) is 72.6 cm³/mol. The van der Waals surface area contributed by atoms with Crippen LogP contribution in [0.3, 0.4) is 0 Å². The molecule has 1 aliphatic heterocycles. The molecule has 1 fully saturated rings. The number of allylic oxidation sites excluding steroid dienone is 2. The topological polar surface area (TPSA) is 55.0 Å². The summed E-state index contributed by atoms with van der Waals surface area (Å²) >= 11 is 0. The molecule has 4 nitrogen and oxygen atoms in total. The van der Waals surface area contributed by atoms with Gasteiger partial charge in [-0.25, -0.2) is 9.97 Å². The highest BCUT2D eigenvalue weighted by molar-refractivity contribution is 5.41. The Bertz CT molecular complexity index is 435. The zero-order valence-electron chi connectivity index (χ0n) is 10.6. The highest BCUT2D eigenvalue weighted by Gasteiger charge is 2.20. The first-order valence-corrected chi connectivity index (χ1v) is 6.80. The molecule has 1 atom stereocenters. The molecule has 1 unspecified atom stereocenters. The van der Waals surface area contributed by atoms with Crippen LogP contribution in [-0.4, -0.2) is 29.1 Å². The van der Waals surface area contributed by atoms with Crippen molar-refractivity contribution in [1.82, 2.24) is 9.97 Å². The third kappa shape index (κ3) is 2.38. The minimum atomic E-state index is 0.283. The fourth-order valence-electron chi connectivity index (χ4n) is 2.83. The van der Waals surface area contributed by atoms with Gasteiger partial charge in [-0.3, -0.25) is 0 Å². The van der Waals surface area contributed by atoms with Crippen LogP contribution in [0, 0.1) is 0 Å². The molecule has 96 valence electrons. The van der Waals surface area contributed by atoms with Gasteiger partial charge >= 0.3 is 0 Å². The lowest BCUT2D eigenvalue weighted by molar-refractivity contribution is 0.502. The van der Waals surface area contributed by atoms with Crippen molar-refractivity contribution in [1.29, 1.82) is 0 Å². The van der Waals surface area contributed by atoms with E-state index in [2.05, 4.69) is 33.1 Å². The molecule has 0 radical (unpaired) electrons. The molecule has 1 aromatic heterocycles. The second-order valence-electron chi connectivity index (χ2n) is 5.29. The molecule has 2 heterocycles. The van der Waals surface area contributed by atoms with E-state index in [1.807, 2.05) is 0 Å². The van der Waals surface area contributed by atoms with Crippen molar-refractivity contribution in [3.63, 3.8) is 0 Å². The molecule has 0 aromatic carbocycles. The zero-order chi connectivity index (χ0) is 12.4. The normalized spacial score (nSPS) is 24.7. The summed E-state index contributed by atoms with van der Waals surface area (Å²) in [6.07, 6.45) is 10.7. The maximum Gasteiger partial charge on any atom is 0.132 e. The molecule has 1 saturated heterocycles. The fraction of sp³-hybridized carbons (Fsp3) is 0.571. The highest BCUT2D eigenvalue weighted by atomic mass is 15.2. The lowest BCUT2D eigenvalue weighted by Gasteiger charge is -2.31. The molecule has 0 bridgehead atoms. The number of rotatable bonds is 2. The number of hydrogen-bond donors (Lipinski definition) is 1. The number of nitrogens with zero attached hydrogens (tertiary/aromatic N) is 3. The smallest absolute Gasteiger partial charge is 0.132 e. The largest absolute Gasteiger partial charge is 0.355 e. The van der Waals surface area contributed by atoms with Crippen molar-refractivity contribution in [2.45, 2.75) is 37.6 Å². The third-order valence-corrected chi connectivity index (χ3v) is 3.88. The molecule has 3 rings (SSSR count). The van der Waals surface area contributed by atoms with Gasteiger partial charge in [0, 0.05) is 36.8 Å². The van der Waals surface area contributed by atoms with E-state index in [0.29, 0.717) is 5.92 Å². The van der Waals surface area contributed by atoms with Crippen LogP contribution in [0.15, 0.2) is 24.5 Å². The number of hydrogen-bond acceptors (Lipinski definition) is 4. The van der Waals surface area contributed by atoms with Gasteiger partial charge in [-0.1, -0.05) is 12.2 Å². The maximum atomic E-state index is 6.03. The second-order valence-corrected chi connectivity index (χ2v) is 5.29. The van der Waals surface area contributed by atoms with Gasteiger partial charge < -0.3 is 10.6 Å². The number of aromatic nitrogens is 2. The minimum Gasteiger partial charge on any atom is -0.355 e. The summed E-state index contributed by atoms with van der Waals surface area (Å²) in [5, 5.41) is 0. The minimum absolute atomic E-state index is 0.283. The van der Waals surface area contributed by atoms with Crippen molar-refractivity contribution in [3.8, 4) is 0 Å². The van der Waals surface area contributed by atoms with E-state index < -0.39 is 0 Å². The molecule has 1 aliphatic carbocycles. The van der Waals surface area contributed by atoms with E-state index in [0.717, 1.165) is 44.6 Å². The van der Waals surface area contributed by atoms with Crippen LogP contribution in [0.25, 0.3) is 0 Å². The van der Waals surface area contributed by atoms with Crippen molar-refractivity contribution < 1.29 is 0 Å². The van der Waals surface area contributed by atoms with E-state index in [4.69, 9.17) is 5.73 Å². The van der Waals surface area contributed by atoms with Crippen molar-refractivity contribution in [2.24, 2.45) is 5.73 Å². The van der Waals surface area contributed by atoms with Crippen LogP contribution >= 0.6 is 0 Å². The molecule has 4 heteroatoms. The van der Waals surface area contributed by atoms with E-state index in [-0.39, 0.29) is 6.04 Å². The summed E-state index contributed by atoms with van der Waals surface area (Å²) in [6.45, 7) is 1.98. The molecular formula is C14H20N4. The number of anilines is 1. The Hall–Kier alpha value is -1.42. The van der Waals surface area contributed by atoms with Crippen LogP contribution in [0.4, 0.5) is 5.82 Å². The van der Waals surface area contributed by atoms with E-state index in [9.17, 15) is 0 Å². The molecule has 18 heavy (non-hydrogen) atoms. The van der Waals surface area contributed by atoms with E-state index >= 15 is 0 Å². The first-order valence-electron chi connectivity index (χ1n) is 6.80. The Balaban J connectivity index is 1.77. The van der Waals surface area contributed by atoms with Crippen LogP contribution < -0.4 is 10.6 Å². The second kappa shape index (κ2) is 5.06. The van der Waals surface area contributed by atoms with Gasteiger partial charge in [0.1, 0.15) is 12.1 Å². The maximum absolute atomic E-state index is 6.03. The third-order valence-electron chi connectivity index (χ3n) is 3.88. The Morgan fingerprint density at radius 1 is 1.22 bits per heavy atom. The lowest BCUT2D eigenvalue weighted by Crippen LogP contribution is -2.43. The van der Waals surface area contributed by atoms with Crippen LogP contribution in [0.5, 0.6) is 0 Å². The molecule has 0 spiro atoms. The van der Waals surface area contributed by atoms with Crippen molar-refractivity contribution in [2.75, 3.05) is 18.0 Å². The number of piperidine rings is 1. The molecule has 0 amide bonds. The summed E-state index contributed by atoms with van der Waals surface area (Å²) in [5.41, 5.74) is 7.20. The molecule has 2 N–H and O–H groups in total. The van der Waals surface area contributed by atoms with Crippen molar-refractivity contribution in [3.05, 3.63) is 30.2 Å². The SMILES string of the molecule is NC1CCCN(c2cc(C3CC=CC3)ncn2)C1. The standard InChI is InChI=1S/C14H20N4/c15-12-6-3-7-18(9-12)14-8-13(16-10-17-14)11-4-1-2-5-11/h1-2,8,10-12H,3-7,9,15H2. The van der Waals surface area contributed by atoms with Gasteiger partial charge in [-0.05, 0) is 25.7 Å². The van der Waals surface area contributed by atoms with Crippen LogP contribution in [0.2, 0.25) is 0 Å². The Morgan fingerprint density at radius 3 is 2.83 bits per heavy atom. The van der Waals surface area contributed by atoms with Gasteiger partial charge in [-0.15, -0.1) is 0 Å². The first kappa shape index (κ1) is 11.7. The predicted octanol–water partition coefficient (Wildman–Crippen LogP) is 1.84. The van der Waals surface area contributed by atoms with Gasteiger partial charge in [0.05, 0.1) is 0 Å². The van der Waals surface area contributed by atoms with Crippen molar-refractivity contribution >= 4 is 5.82 Å². The van der Waals surface area contributed by atoms with Gasteiger partial charge in [-0.2, -0.15) is 0 Å². The Morgan fingerprint density at radius 2 is 2.06 bits per heavy atom. The monoisotopic (exact) mass is 244 g/mol.